The predicted octanol–water partition coefficient (Wildman–Crippen LogP) is 32.3. The molecule has 10 unspecified atom stereocenters. The van der Waals surface area contributed by atoms with Gasteiger partial charge in [0.15, 0.2) is 0 Å². The molecule has 14 atom stereocenters. The summed E-state index contributed by atoms with van der Waals surface area (Å²) in [5.41, 5.74) is 18.0. The third-order valence-corrected chi connectivity index (χ3v) is 28.8. The average Bonchev–Trinajstić information content (AvgIpc) is 1.62. The largest absolute Gasteiger partial charge is 0.490 e. The summed E-state index contributed by atoms with van der Waals surface area (Å²) in [6, 6.07) is 84.4. The molecule has 9 aromatic rings. The molecule has 0 radical (unpaired) electrons. The second-order valence-corrected chi connectivity index (χ2v) is 36.1. The normalized spacial score (nSPS) is 23.7. The molecule has 6 heterocycles. The maximum atomic E-state index is 5.95. The van der Waals surface area contributed by atoms with E-state index < -0.39 is 0 Å². The van der Waals surface area contributed by atoms with Gasteiger partial charge >= 0.3 is 0 Å². The van der Waals surface area contributed by atoms with Gasteiger partial charge in [0.25, 0.3) is 0 Å². The topological polar surface area (TPSA) is 24.9 Å². The molecule has 16 rings (SSSR count). The Labute approximate surface area is 690 Å². The van der Waals surface area contributed by atoms with Crippen LogP contribution >= 0.6 is 23.5 Å². The van der Waals surface area contributed by atoms with Crippen LogP contribution in [0.25, 0.3) is 0 Å². The fourth-order valence-corrected chi connectivity index (χ4v) is 22.8. The standard InChI is InChI=1S/2C19H23N.C16H24.2C13H18O.2C13H18S/c1-3-4-13-18-15(2)17-12-8-9-14-19(17)20(18)16-10-6-5-7-11-16;1-3-10-18-16(4-2)17-13-8-9-14-19(17)20(18)15-11-6-5-7-12-15;1-5-6-10-14-12(2)13-9-7-8-11-15(13)16(14,3)4;1-3-4-8-12-10(2)11-7-5-6-9-13(11)14-12;1-3-7-12-10(4-2)11-8-5-6-9-13(11)14-12;1-3-4-8-12-10(2)11-7-5-6-9-13(11)14-12;1-3-7-12-10(4-2)11-8-5-6-9-13(11)14-12/h5-12,14-15,18H,3-4,13H2,1-2H3;5-9,11-14,16,18H,3-4,10H2,1-2H3;7-9,11-12,14H,5-6,10H2,1-4H3;5-7,9-10,12H,3-4,8H2,1-2H3;5-6,8-10,12H,3-4,7H2,1-2H3;5-7,9-10,12H,3-4,8H2,1-2H3;5-6,8-10,12H,3-4,7H2,1-2H3/t15-,18?;;12-,14?;10-,12?;;10-,12?;/m1.11.1./s1. The molecule has 4 nitrogen and oxygen atoms in total. The third-order valence-electron chi connectivity index (χ3n) is 25.8. The molecule has 0 amide bonds. The SMILES string of the molecule is CCCC1C(CC)c2ccccc2N1c1ccccc1.CCCC1Oc2ccccc2C1CC.CCCC1Sc2ccccc2C1CC.CCCCC1Oc2ccccc2[C@H]1C.CCCCC1Sc2ccccc2[C@H]1C.CCCCC1[C@H](C)c2ccccc2C1(C)C.CCCCC1[C@H](C)c2ccccc2N1c1ccccc1. The Morgan fingerprint density at radius 2 is 0.741 bits per heavy atom. The summed E-state index contributed by atoms with van der Waals surface area (Å²) >= 11 is 4.18. The molecule has 7 aliphatic rings. The van der Waals surface area contributed by atoms with Gasteiger partial charge in [-0.25, -0.2) is 0 Å². The van der Waals surface area contributed by atoms with E-state index in [9.17, 15) is 0 Å². The number of anilines is 4. The Bertz CT molecular complexity index is 4080. The lowest BCUT2D eigenvalue weighted by atomic mass is 9.74. The summed E-state index contributed by atoms with van der Waals surface area (Å²) < 4.78 is 11.9. The first-order valence-electron chi connectivity index (χ1n) is 44.6. The van der Waals surface area contributed by atoms with Crippen molar-refractivity contribution in [2.75, 3.05) is 9.80 Å². The summed E-state index contributed by atoms with van der Waals surface area (Å²) in [5.74, 6) is 7.77. The van der Waals surface area contributed by atoms with Crippen LogP contribution in [-0.2, 0) is 5.41 Å². The van der Waals surface area contributed by atoms with Crippen molar-refractivity contribution in [2.24, 2.45) is 5.92 Å². The Hall–Kier alpha value is -7.12. The molecule has 9 aromatic carbocycles. The van der Waals surface area contributed by atoms with Crippen LogP contribution < -0.4 is 19.3 Å². The number of nitrogens with zero attached hydrogens (tertiary/aromatic N) is 2. The van der Waals surface area contributed by atoms with Gasteiger partial charge in [-0.15, -0.1) is 23.5 Å². The number of hydrogen-bond donors (Lipinski definition) is 0. The van der Waals surface area contributed by atoms with Crippen LogP contribution in [0.2, 0.25) is 0 Å². The van der Waals surface area contributed by atoms with E-state index in [1.54, 1.807) is 22.3 Å². The fraction of sp³-hybridized carbons (Fsp3) is 0.491. The minimum atomic E-state index is 0.366. The van der Waals surface area contributed by atoms with E-state index in [-0.39, 0.29) is 0 Å². The number of ether oxygens (including phenoxy) is 2. The highest BCUT2D eigenvalue weighted by atomic mass is 32.2. The van der Waals surface area contributed by atoms with Crippen LogP contribution in [0.15, 0.2) is 240 Å². The third kappa shape index (κ3) is 21.1. The molecule has 0 N–H and O–H groups in total. The molecule has 0 saturated heterocycles. The highest BCUT2D eigenvalue weighted by Crippen LogP contribution is 2.54. The summed E-state index contributed by atoms with van der Waals surface area (Å²) in [4.78, 5) is 8.15. The number of rotatable bonds is 23. The van der Waals surface area contributed by atoms with Crippen molar-refractivity contribution in [3.05, 3.63) is 275 Å². The Balaban J connectivity index is 0.000000139. The first kappa shape index (κ1) is 87.3. The zero-order valence-corrected chi connectivity index (χ0v) is 73.5. The molecular weight excluding hydrogens is 1400 g/mol. The second kappa shape index (κ2) is 44.1. The van der Waals surface area contributed by atoms with E-state index in [1.165, 1.54) is 190 Å². The van der Waals surface area contributed by atoms with Gasteiger partial charge < -0.3 is 19.3 Å². The van der Waals surface area contributed by atoms with Crippen molar-refractivity contribution in [2.45, 2.75) is 337 Å². The Morgan fingerprint density at radius 3 is 1.30 bits per heavy atom. The lowest BCUT2D eigenvalue weighted by molar-refractivity contribution is 0.191. The van der Waals surface area contributed by atoms with Crippen molar-refractivity contribution in [1.82, 2.24) is 0 Å². The predicted molar refractivity (Wildman–Crippen MR) is 490 cm³/mol. The molecule has 6 heteroatoms. The van der Waals surface area contributed by atoms with Crippen LogP contribution in [0, 0.1) is 5.92 Å². The number of para-hydroxylation sites is 6. The number of thioether (sulfide) groups is 2. The minimum Gasteiger partial charge on any atom is -0.490 e. The van der Waals surface area contributed by atoms with Crippen LogP contribution in [0.4, 0.5) is 22.7 Å². The second-order valence-electron chi connectivity index (χ2n) is 33.5. The maximum absolute atomic E-state index is 5.95. The van der Waals surface area contributed by atoms with Crippen molar-refractivity contribution < 1.29 is 9.47 Å². The van der Waals surface area contributed by atoms with Gasteiger partial charge in [0.1, 0.15) is 23.7 Å². The molecule has 6 aliphatic heterocycles. The first-order chi connectivity index (χ1) is 54.7. The molecule has 112 heavy (non-hydrogen) atoms. The van der Waals surface area contributed by atoms with E-state index in [1.807, 2.05) is 6.07 Å². The summed E-state index contributed by atoms with van der Waals surface area (Å²) in [6.45, 7) is 37.0. The molecule has 0 aromatic heterocycles. The van der Waals surface area contributed by atoms with E-state index in [0.29, 0.717) is 53.4 Å². The monoisotopic (exact) mass is 1540 g/mol. The zero-order valence-electron chi connectivity index (χ0n) is 71.9. The van der Waals surface area contributed by atoms with Crippen LogP contribution in [0.5, 0.6) is 11.5 Å². The highest BCUT2D eigenvalue weighted by molar-refractivity contribution is 8.00. The Kier molecular flexibility index (Phi) is 34.4. The lowest BCUT2D eigenvalue weighted by Gasteiger charge is -2.30. The Morgan fingerprint density at radius 1 is 0.304 bits per heavy atom. The summed E-state index contributed by atoms with van der Waals surface area (Å²) in [5, 5.41) is 1.66. The van der Waals surface area contributed by atoms with Crippen LogP contribution in [0.1, 0.15) is 332 Å². The van der Waals surface area contributed by atoms with Gasteiger partial charge in [-0.05, 0) is 187 Å². The van der Waals surface area contributed by atoms with Gasteiger partial charge in [-0.1, -0.05) is 351 Å². The fourth-order valence-electron chi connectivity index (χ4n) is 19.6. The van der Waals surface area contributed by atoms with Crippen molar-refractivity contribution in [3.8, 4) is 11.5 Å². The molecule has 0 bridgehead atoms. The van der Waals surface area contributed by atoms with Gasteiger partial charge in [0, 0.05) is 89.9 Å². The maximum Gasteiger partial charge on any atom is 0.123 e. The number of fused-ring (bicyclic) bond motifs is 7. The molecular formula is C106H142N2O2S2. The van der Waals surface area contributed by atoms with Crippen molar-refractivity contribution in [3.63, 3.8) is 0 Å². The lowest BCUT2D eigenvalue weighted by Crippen LogP contribution is -2.29. The van der Waals surface area contributed by atoms with Gasteiger partial charge in [0.05, 0.1) is 0 Å². The van der Waals surface area contributed by atoms with Crippen LogP contribution in [-0.4, -0.2) is 34.8 Å². The van der Waals surface area contributed by atoms with E-state index in [4.69, 9.17) is 9.47 Å². The summed E-state index contributed by atoms with van der Waals surface area (Å²) in [7, 11) is 0. The first-order valence-corrected chi connectivity index (χ1v) is 46.4. The smallest absolute Gasteiger partial charge is 0.123 e. The van der Waals surface area contributed by atoms with Gasteiger partial charge in [-0.3, -0.25) is 0 Å². The minimum absolute atomic E-state index is 0.366. The molecule has 1 aliphatic carbocycles. The zero-order chi connectivity index (χ0) is 79.5. The molecule has 0 spiro atoms. The average molecular weight is 1540 g/mol. The van der Waals surface area contributed by atoms with E-state index >= 15 is 0 Å². The molecule has 0 saturated carbocycles. The summed E-state index contributed by atoms with van der Waals surface area (Å²) in [6.07, 6.45) is 27.7. The van der Waals surface area contributed by atoms with E-state index in [2.05, 4.69) is 369 Å². The van der Waals surface area contributed by atoms with Crippen molar-refractivity contribution in [1.29, 1.82) is 0 Å². The van der Waals surface area contributed by atoms with Crippen molar-refractivity contribution >= 4 is 46.3 Å². The van der Waals surface area contributed by atoms with E-state index in [0.717, 1.165) is 45.7 Å². The van der Waals surface area contributed by atoms with Gasteiger partial charge in [0.2, 0.25) is 0 Å². The molecule has 0 fully saturated rings. The highest BCUT2D eigenvalue weighted by Gasteiger charge is 2.44. The molecule has 600 valence electrons. The number of benzene rings is 9. The quantitative estimate of drug-likeness (QED) is 0.0633. The number of unbranched alkanes of at least 4 members (excludes halogenated alkanes) is 4. The van der Waals surface area contributed by atoms with Gasteiger partial charge in [-0.2, -0.15) is 0 Å². The number of hydrogen-bond acceptors (Lipinski definition) is 6. The van der Waals surface area contributed by atoms with Crippen LogP contribution in [0.3, 0.4) is 0 Å².